The van der Waals surface area contributed by atoms with Crippen molar-refractivity contribution < 1.29 is 9.32 Å². The third-order valence-corrected chi connectivity index (χ3v) is 4.82. The first-order valence-electron chi connectivity index (χ1n) is 6.82. The molecule has 120 valence electrons. The second kappa shape index (κ2) is 5.98. The van der Waals surface area contributed by atoms with Crippen LogP contribution in [-0.2, 0) is 6.54 Å². The number of hydrogen-bond acceptors (Lipinski definition) is 8. The van der Waals surface area contributed by atoms with Crippen molar-refractivity contribution in [2.75, 3.05) is 0 Å². The van der Waals surface area contributed by atoms with Crippen molar-refractivity contribution in [2.45, 2.75) is 6.54 Å². The van der Waals surface area contributed by atoms with Gasteiger partial charge in [-0.3, -0.25) is 14.0 Å². The lowest BCUT2D eigenvalue weighted by atomic mass is 10.3. The Kier molecular flexibility index (Phi) is 3.67. The molecule has 1 N–H and O–H groups in total. The van der Waals surface area contributed by atoms with E-state index in [1.54, 1.807) is 11.6 Å². The number of thiophene rings is 1. The van der Waals surface area contributed by atoms with Crippen LogP contribution in [0.1, 0.15) is 16.2 Å². The molecule has 10 heteroatoms. The molecule has 0 radical (unpaired) electrons. The fourth-order valence-corrected chi connectivity index (χ4v) is 3.38. The van der Waals surface area contributed by atoms with Gasteiger partial charge in [0.05, 0.1) is 11.4 Å². The number of carbonyl (C=O) groups is 1. The largest absolute Gasteiger partial charge is 0.344 e. The Balaban J connectivity index is 1.50. The second-order valence-corrected chi connectivity index (χ2v) is 6.53. The molecule has 0 unspecified atom stereocenters. The quantitative estimate of drug-likeness (QED) is 0.596. The minimum absolute atomic E-state index is 0.0344. The maximum absolute atomic E-state index is 12.2. The molecule has 0 aliphatic carbocycles. The maximum atomic E-state index is 12.2. The molecule has 0 spiro atoms. The van der Waals surface area contributed by atoms with Gasteiger partial charge in [-0.15, -0.1) is 22.7 Å². The average molecular weight is 359 g/mol. The van der Waals surface area contributed by atoms with Gasteiger partial charge in [0.1, 0.15) is 5.56 Å². The molecular weight excluding hydrogens is 350 g/mol. The van der Waals surface area contributed by atoms with Crippen molar-refractivity contribution in [1.29, 1.82) is 0 Å². The molecule has 0 atom stereocenters. The number of thiazole rings is 1. The van der Waals surface area contributed by atoms with Crippen molar-refractivity contribution in [2.24, 2.45) is 0 Å². The lowest BCUT2D eigenvalue weighted by Gasteiger charge is -2.01. The molecule has 0 saturated carbocycles. The normalized spacial score (nSPS) is 11.0. The van der Waals surface area contributed by atoms with E-state index in [4.69, 9.17) is 4.52 Å². The molecule has 0 aliphatic heterocycles. The summed E-state index contributed by atoms with van der Waals surface area (Å²) in [7, 11) is 0. The summed E-state index contributed by atoms with van der Waals surface area (Å²) < 4.78 is 6.48. The first-order chi connectivity index (χ1) is 11.7. The summed E-state index contributed by atoms with van der Waals surface area (Å²) in [6.45, 7) is 0.0550. The lowest BCUT2D eigenvalue weighted by molar-refractivity contribution is 0.0947. The molecule has 0 aromatic carbocycles. The van der Waals surface area contributed by atoms with Crippen LogP contribution in [0.15, 0.2) is 44.6 Å². The van der Waals surface area contributed by atoms with Gasteiger partial charge in [-0.2, -0.15) is 4.98 Å². The van der Waals surface area contributed by atoms with E-state index in [0.29, 0.717) is 16.7 Å². The summed E-state index contributed by atoms with van der Waals surface area (Å²) in [5, 5.41) is 10.0. The predicted molar refractivity (Wildman–Crippen MR) is 88.1 cm³/mol. The first kappa shape index (κ1) is 14.7. The zero-order valence-corrected chi connectivity index (χ0v) is 13.6. The summed E-state index contributed by atoms with van der Waals surface area (Å²) >= 11 is 2.80. The molecule has 4 heterocycles. The fraction of sp³-hybridized carbons (Fsp3) is 0.0714. The van der Waals surface area contributed by atoms with Crippen LogP contribution in [0.5, 0.6) is 0 Å². The lowest BCUT2D eigenvalue weighted by Crippen LogP contribution is -2.31. The van der Waals surface area contributed by atoms with Crippen LogP contribution in [0.2, 0.25) is 0 Å². The van der Waals surface area contributed by atoms with Crippen LogP contribution in [0.3, 0.4) is 0 Å². The van der Waals surface area contributed by atoms with Crippen LogP contribution >= 0.6 is 22.7 Å². The average Bonchev–Trinajstić information content (AvgIpc) is 3.32. The van der Waals surface area contributed by atoms with Gasteiger partial charge in [0, 0.05) is 17.8 Å². The van der Waals surface area contributed by atoms with Crippen molar-refractivity contribution in [3.63, 3.8) is 0 Å². The van der Waals surface area contributed by atoms with Gasteiger partial charge in [-0.1, -0.05) is 11.2 Å². The number of aromatic nitrogens is 4. The predicted octanol–water partition coefficient (Wildman–Crippen LogP) is 1.80. The molecule has 4 aromatic rings. The summed E-state index contributed by atoms with van der Waals surface area (Å²) in [5.74, 6) is 0.197. The molecule has 0 saturated heterocycles. The first-order valence-corrected chi connectivity index (χ1v) is 8.58. The number of amides is 1. The highest BCUT2D eigenvalue weighted by molar-refractivity contribution is 7.15. The van der Waals surface area contributed by atoms with E-state index < -0.39 is 11.5 Å². The van der Waals surface area contributed by atoms with Crippen LogP contribution < -0.4 is 10.9 Å². The number of rotatable bonds is 4. The second-order valence-electron chi connectivity index (χ2n) is 4.71. The number of nitrogens with one attached hydrogen (secondary N) is 1. The highest BCUT2D eigenvalue weighted by Crippen LogP contribution is 2.22. The van der Waals surface area contributed by atoms with Gasteiger partial charge < -0.3 is 9.84 Å². The molecule has 4 aromatic heterocycles. The highest BCUT2D eigenvalue weighted by atomic mass is 32.1. The molecule has 24 heavy (non-hydrogen) atoms. The molecule has 8 nitrogen and oxygen atoms in total. The molecule has 1 amide bonds. The Morgan fingerprint density at radius 1 is 1.33 bits per heavy atom. The van der Waals surface area contributed by atoms with E-state index in [1.165, 1.54) is 33.3 Å². The summed E-state index contributed by atoms with van der Waals surface area (Å²) in [4.78, 5) is 34.1. The van der Waals surface area contributed by atoms with Gasteiger partial charge in [0.2, 0.25) is 0 Å². The van der Waals surface area contributed by atoms with Crippen LogP contribution in [0.25, 0.3) is 15.7 Å². The summed E-state index contributed by atoms with van der Waals surface area (Å²) in [6, 6.07) is 3.75. The standard InChI is InChI=1S/C14H9N5O3S2/c20-11(8-6-16-14-19(13(8)21)3-5-24-14)15-7-10-17-12(22-18-10)9-2-1-4-23-9/h1-6H,7H2,(H,15,20). The number of carbonyl (C=O) groups excluding carboxylic acids is 1. The van der Waals surface area contributed by atoms with E-state index >= 15 is 0 Å². The number of hydrogen-bond donors (Lipinski definition) is 1. The Morgan fingerprint density at radius 3 is 3.08 bits per heavy atom. The van der Waals surface area contributed by atoms with Crippen molar-refractivity contribution in [3.8, 4) is 10.8 Å². The van der Waals surface area contributed by atoms with E-state index in [-0.39, 0.29) is 12.1 Å². The van der Waals surface area contributed by atoms with Crippen LogP contribution in [0, 0.1) is 0 Å². The summed E-state index contributed by atoms with van der Waals surface area (Å²) in [6.07, 6.45) is 2.86. The van der Waals surface area contributed by atoms with Crippen molar-refractivity contribution in [3.05, 3.63) is 57.0 Å². The highest BCUT2D eigenvalue weighted by Gasteiger charge is 2.15. The number of nitrogens with zero attached hydrogens (tertiary/aromatic N) is 4. The molecule has 0 aliphatic rings. The van der Waals surface area contributed by atoms with E-state index in [2.05, 4.69) is 20.4 Å². The van der Waals surface area contributed by atoms with Crippen molar-refractivity contribution in [1.82, 2.24) is 24.8 Å². The zero-order chi connectivity index (χ0) is 16.5. The van der Waals surface area contributed by atoms with Gasteiger partial charge >= 0.3 is 0 Å². The Labute approximate surface area is 142 Å². The van der Waals surface area contributed by atoms with E-state index in [0.717, 1.165) is 4.88 Å². The monoisotopic (exact) mass is 359 g/mol. The molecular formula is C14H9N5O3S2. The Bertz CT molecular complexity index is 1060. The van der Waals surface area contributed by atoms with Crippen LogP contribution in [0.4, 0.5) is 0 Å². The minimum atomic E-state index is -0.532. The van der Waals surface area contributed by atoms with Gasteiger partial charge in [0.25, 0.3) is 17.4 Å². The number of fused-ring (bicyclic) bond motifs is 1. The van der Waals surface area contributed by atoms with Gasteiger partial charge in [0.15, 0.2) is 10.8 Å². The topological polar surface area (TPSA) is 102 Å². The van der Waals surface area contributed by atoms with Gasteiger partial charge in [-0.25, -0.2) is 4.98 Å². The van der Waals surface area contributed by atoms with Crippen molar-refractivity contribution >= 4 is 33.5 Å². The van der Waals surface area contributed by atoms with Gasteiger partial charge in [-0.05, 0) is 11.4 Å². The Morgan fingerprint density at radius 2 is 2.25 bits per heavy atom. The molecule has 0 fully saturated rings. The summed E-state index contributed by atoms with van der Waals surface area (Å²) in [5.41, 5.74) is -0.445. The minimum Gasteiger partial charge on any atom is -0.344 e. The third kappa shape index (κ3) is 2.61. The zero-order valence-electron chi connectivity index (χ0n) is 12.0. The van der Waals surface area contributed by atoms with E-state index in [9.17, 15) is 9.59 Å². The van der Waals surface area contributed by atoms with Crippen LogP contribution in [-0.4, -0.2) is 25.4 Å². The SMILES string of the molecule is O=C(NCc1noc(-c2cccs2)n1)c1cnc2sccn2c1=O. The smallest absolute Gasteiger partial charge is 0.271 e. The fourth-order valence-electron chi connectivity index (χ4n) is 2.06. The third-order valence-electron chi connectivity index (χ3n) is 3.19. The Hall–Kier alpha value is -2.85. The van der Waals surface area contributed by atoms with E-state index in [1.807, 2.05) is 17.5 Å². The molecule has 4 rings (SSSR count). The maximum Gasteiger partial charge on any atom is 0.271 e. The molecule has 0 bridgehead atoms.